The van der Waals surface area contributed by atoms with E-state index in [1.807, 2.05) is 0 Å². The first kappa shape index (κ1) is 12.5. The van der Waals surface area contributed by atoms with Crippen molar-refractivity contribution in [2.24, 2.45) is 0 Å². The number of hydrogen-bond donors (Lipinski definition) is 2. The van der Waals surface area contributed by atoms with Crippen LogP contribution >= 0.6 is 0 Å². The largest absolute Gasteiger partial charge is 0.392 e. The first-order valence-electron chi connectivity index (χ1n) is 5.84. The number of benzene rings is 1. The molecule has 2 N–H and O–H groups in total. The van der Waals surface area contributed by atoms with Crippen molar-refractivity contribution in [3.8, 4) is 0 Å². The third-order valence-corrected chi connectivity index (χ3v) is 4.63. The van der Waals surface area contributed by atoms with E-state index in [1.165, 1.54) is 12.1 Å². The van der Waals surface area contributed by atoms with E-state index in [0.717, 1.165) is 25.7 Å². The highest BCUT2D eigenvalue weighted by Crippen LogP contribution is 2.20. The highest BCUT2D eigenvalue weighted by Gasteiger charge is 2.22. The van der Waals surface area contributed by atoms with Gasteiger partial charge in [0.1, 0.15) is 0 Å². The molecule has 1 aliphatic carbocycles. The molecule has 0 spiro atoms. The van der Waals surface area contributed by atoms with Crippen molar-refractivity contribution in [1.82, 2.24) is 4.72 Å². The maximum Gasteiger partial charge on any atom is 0.240 e. The van der Waals surface area contributed by atoms with Crippen LogP contribution in [0.1, 0.15) is 31.2 Å². The van der Waals surface area contributed by atoms with Gasteiger partial charge in [0, 0.05) is 6.04 Å². The molecule has 94 valence electrons. The molecule has 2 rings (SSSR count). The molecule has 4 nitrogen and oxygen atoms in total. The number of sulfonamides is 1. The van der Waals surface area contributed by atoms with Gasteiger partial charge in [-0.25, -0.2) is 13.1 Å². The van der Waals surface area contributed by atoms with Crippen molar-refractivity contribution in [2.75, 3.05) is 0 Å². The van der Waals surface area contributed by atoms with Crippen molar-refractivity contribution in [3.05, 3.63) is 29.8 Å². The second kappa shape index (κ2) is 5.16. The van der Waals surface area contributed by atoms with Crippen LogP contribution in [-0.4, -0.2) is 19.6 Å². The standard InChI is InChI=1S/C12H17NO3S/c14-9-10-5-7-12(8-6-10)17(15,16)13-11-3-1-2-4-11/h5-8,11,13-14H,1-4,9H2. The quantitative estimate of drug-likeness (QED) is 0.854. The van der Waals surface area contributed by atoms with Crippen LogP contribution in [0.5, 0.6) is 0 Å². The Hall–Kier alpha value is -0.910. The molecule has 1 fully saturated rings. The van der Waals surface area contributed by atoms with Crippen LogP contribution in [-0.2, 0) is 16.6 Å². The monoisotopic (exact) mass is 255 g/mol. The lowest BCUT2D eigenvalue weighted by atomic mass is 10.2. The lowest BCUT2D eigenvalue weighted by Gasteiger charge is -2.12. The summed E-state index contributed by atoms with van der Waals surface area (Å²) in [5, 5.41) is 8.90. The van der Waals surface area contributed by atoms with Crippen LogP contribution in [0.15, 0.2) is 29.2 Å². The molecule has 17 heavy (non-hydrogen) atoms. The Bertz CT molecular complexity index is 461. The Balaban J connectivity index is 2.12. The third-order valence-electron chi connectivity index (χ3n) is 3.09. The van der Waals surface area contributed by atoms with E-state index in [0.29, 0.717) is 5.56 Å². The van der Waals surface area contributed by atoms with Crippen molar-refractivity contribution in [1.29, 1.82) is 0 Å². The van der Waals surface area contributed by atoms with Crippen molar-refractivity contribution in [3.63, 3.8) is 0 Å². The highest BCUT2D eigenvalue weighted by molar-refractivity contribution is 7.89. The predicted molar refractivity (Wildman–Crippen MR) is 64.9 cm³/mol. The summed E-state index contributed by atoms with van der Waals surface area (Å²) in [7, 11) is -3.40. The van der Waals surface area contributed by atoms with E-state index < -0.39 is 10.0 Å². The van der Waals surface area contributed by atoms with E-state index >= 15 is 0 Å². The number of nitrogens with one attached hydrogen (secondary N) is 1. The summed E-state index contributed by atoms with van der Waals surface area (Å²) < 4.78 is 26.7. The zero-order chi connectivity index (χ0) is 12.3. The number of aliphatic hydroxyl groups excluding tert-OH is 1. The Morgan fingerprint density at radius 2 is 1.76 bits per heavy atom. The van der Waals surface area contributed by atoms with Gasteiger partial charge in [-0.15, -0.1) is 0 Å². The van der Waals surface area contributed by atoms with Crippen LogP contribution in [0.2, 0.25) is 0 Å². The molecular formula is C12H17NO3S. The van der Waals surface area contributed by atoms with Crippen LogP contribution in [0.3, 0.4) is 0 Å². The summed E-state index contributed by atoms with van der Waals surface area (Å²) in [4.78, 5) is 0.265. The summed E-state index contributed by atoms with van der Waals surface area (Å²) in [5.41, 5.74) is 0.713. The summed E-state index contributed by atoms with van der Waals surface area (Å²) in [6, 6.07) is 6.40. The van der Waals surface area contributed by atoms with Crippen molar-refractivity contribution in [2.45, 2.75) is 43.2 Å². The minimum absolute atomic E-state index is 0.0730. The number of hydrogen-bond acceptors (Lipinski definition) is 3. The number of rotatable bonds is 4. The Morgan fingerprint density at radius 3 is 2.29 bits per heavy atom. The lowest BCUT2D eigenvalue weighted by molar-refractivity contribution is 0.282. The Kier molecular flexibility index (Phi) is 3.81. The molecule has 5 heteroatoms. The molecule has 0 aromatic heterocycles. The third kappa shape index (κ3) is 3.06. The lowest BCUT2D eigenvalue weighted by Crippen LogP contribution is -2.32. The van der Waals surface area contributed by atoms with E-state index in [1.54, 1.807) is 12.1 Å². The average Bonchev–Trinajstić information content (AvgIpc) is 2.81. The van der Waals surface area contributed by atoms with Gasteiger partial charge < -0.3 is 5.11 Å². The molecule has 0 amide bonds. The van der Waals surface area contributed by atoms with Crippen LogP contribution in [0.4, 0.5) is 0 Å². The zero-order valence-electron chi connectivity index (χ0n) is 9.59. The second-order valence-corrected chi connectivity index (χ2v) is 6.12. The molecule has 0 saturated heterocycles. The molecule has 0 radical (unpaired) electrons. The second-order valence-electron chi connectivity index (χ2n) is 4.40. The van der Waals surface area contributed by atoms with Gasteiger partial charge in [0.2, 0.25) is 10.0 Å². The molecule has 0 atom stereocenters. The molecule has 0 heterocycles. The molecular weight excluding hydrogens is 238 g/mol. The van der Waals surface area contributed by atoms with Gasteiger partial charge in [0.05, 0.1) is 11.5 Å². The maximum atomic E-state index is 12.0. The minimum Gasteiger partial charge on any atom is -0.392 e. The van der Waals surface area contributed by atoms with E-state index in [2.05, 4.69) is 4.72 Å². The molecule has 0 bridgehead atoms. The van der Waals surface area contributed by atoms with Crippen molar-refractivity contribution >= 4 is 10.0 Å². The normalized spacial score (nSPS) is 17.5. The fraction of sp³-hybridized carbons (Fsp3) is 0.500. The fourth-order valence-corrected chi connectivity index (χ4v) is 3.41. The van der Waals surface area contributed by atoms with Gasteiger partial charge in [0.15, 0.2) is 0 Å². The number of aliphatic hydroxyl groups is 1. The highest BCUT2D eigenvalue weighted by atomic mass is 32.2. The average molecular weight is 255 g/mol. The van der Waals surface area contributed by atoms with E-state index in [-0.39, 0.29) is 17.5 Å². The summed E-state index contributed by atoms with van der Waals surface area (Å²) in [5.74, 6) is 0. The van der Waals surface area contributed by atoms with E-state index in [9.17, 15) is 8.42 Å². The van der Waals surface area contributed by atoms with Gasteiger partial charge >= 0.3 is 0 Å². The SMILES string of the molecule is O=S(=O)(NC1CCCC1)c1ccc(CO)cc1. The van der Waals surface area contributed by atoms with Gasteiger partial charge in [0.25, 0.3) is 0 Å². The molecule has 1 aromatic carbocycles. The van der Waals surface area contributed by atoms with Gasteiger partial charge in [-0.3, -0.25) is 0 Å². The Labute approximate surface area is 102 Å². The fourth-order valence-electron chi connectivity index (χ4n) is 2.11. The zero-order valence-corrected chi connectivity index (χ0v) is 10.4. The molecule has 1 aromatic rings. The summed E-state index contributed by atoms with van der Waals surface area (Å²) in [6.45, 7) is -0.0730. The molecule has 0 aliphatic heterocycles. The predicted octanol–water partition coefficient (Wildman–Crippen LogP) is 1.40. The van der Waals surface area contributed by atoms with Gasteiger partial charge in [-0.05, 0) is 30.5 Å². The maximum absolute atomic E-state index is 12.0. The molecule has 0 unspecified atom stereocenters. The van der Waals surface area contributed by atoms with E-state index in [4.69, 9.17) is 5.11 Å². The van der Waals surface area contributed by atoms with Crippen LogP contribution in [0, 0.1) is 0 Å². The first-order chi connectivity index (χ1) is 8.12. The topological polar surface area (TPSA) is 66.4 Å². The first-order valence-corrected chi connectivity index (χ1v) is 7.32. The van der Waals surface area contributed by atoms with Crippen LogP contribution < -0.4 is 4.72 Å². The minimum atomic E-state index is -3.40. The summed E-state index contributed by atoms with van der Waals surface area (Å²) in [6.07, 6.45) is 4.04. The Morgan fingerprint density at radius 1 is 1.18 bits per heavy atom. The molecule has 1 aliphatic rings. The van der Waals surface area contributed by atoms with Gasteiger partial charge in [-0.2, -0.15) is 0 Å². The smallest absolute Gasteiger partial charge is 0.240 e. The summed E-state index contributed by atoms with van der Waals surface area (Å²) >= 11 is 0. The van der Waals surface area contributed by atoms with Gasteiger partial charge in [-0.1, -0.05) is 25.0 Å². The molecule has 1 saturated carbocycles. The van der Waals surface area contributed by atoms with Crippen LogP contribution in [0.25, 0.3) is 0 Å². The van der Waals surface area contributed by atoms with Crippen molar-refractivity contribution < 1.29 is 13.5 Å².